The third kappa shape index (κ3) is 4.69. The second-order valence-corrected chi connectivity index (χ2v) is 3.31. The van der Waals surface area contributed by atoms with Crippen LogP contribution >= 0.6 is 0 Å². The summed E-state index contributed by atoms with van der Waals surface area (Å²) in [7, 11) is 0. The minimum Gasteiger partial charge on any atom is -0.125 e. The summed E-state index contributed by atoms with van der Waals surface area (Å²) in [6.07, 6.45) is 8.37. The monoisotopic (exact) mass is 188 g/mol. The van der Waals surface area contributed by atoms with Gasteiger partial charge in [-0.3, -0.25) is 0 Å². The molecule has 0 bridgehead atoms. The van der Waals surface area contributed by atoms with E-state index in [1.54, 1.807) is 0 Å². The highest BCUT2D eigenvalue weighted by Gasteiger charge is 1.95. The van der Waals surface area contributed by atoms with Crippen LogP contribution in [0.2, 0.25) is 0 Å². The van der Waals surface area contributed by atoms with E-state index in [-0.39, 0.29) is 0 Å². The first-order valence-electron chi connectivity index (χ1n) is 5.04. The molecule has 0 rings (SSSR count). The molecule has 0 N–H and O–H groups in total. The minimum atomic E-state index is 1.05. The summed E-state index contributed by atoms with van der Waals surface area (Å²) >= 11 is 0. The van der Waals surface area contributed by atoms with Gasteiger partial charge in [0.2, 0.25) is 0 Å². The average molecular weight is 188 g/mol. The SMILES string of the molecule is C=C=C(C)C(/C=C\C)=C/C(=C)CCC. The largest absolute Gasteiger partial charge is 0.125 e. The predicted molar refractivity (Wildman–Crippen MR) is 65.3 cm³/mol. The van der Waals surface area contributed by atoms with Crippen LogP contribution in [0.15, 0.2) is 53.8 Å². The maximum absolute atomic E-state index is 4.01. The van der Waals surface area contributed by atoms with Gasteiger partial charge in [0.25, 0.3) is 0 Å². The van der Waals surface area contributed by atoms with E-state index < -0.39 is 0 Å². The van der Waals surface area contributed by atoms with Gasteiger partial charge in [-0.25, -0.2) is 0 Å². The molecular weight excluding hydrogens is 168 g/mol. The van der Waals surface area contributed by atoms with Gasteiger partial charge in [-0.15, -0.1) is 5.73 Å². The van der Waals surface area contributed by atoms with Gasteiger partial charge in [-0.2, -0.15) is 0 Å². The molecule has 0 amide bonds. The third-order valence-electron chi connectivity index (χ3n) is 1.98. The van der Waals surface area contributed by atoms with Crippen molar-refractivity contribution < 1.29 is 0 Å². The van der Waals surface area contributed by atoms with Crippen LogP contribution in [-0.4, -0.2) is 0 Å². The van der Waals surface area contributed by atoms with Gasteiger partial charge in [-0.05, 0) is 31.4 Å². The van der Waals surface area contributed by atoms with Crippen molar-refractivity contribution in [3.63, 3.8) is 0 Å². The highest BCUT2D eigenvalue weighted by molar-refractivity contribution is 5.42. The van der Waals surface area contributed by atoms with Gasteiger partial charge in [0, 0.05) is 0 Å². The van der Waals surface area contributed by atoms with E-state index in [9.17, 15) is 0 Å². The van der Waals surface area contributed by atoms with E-state index in [1.807, 2.05) is 19.9 Å². The molecule has 0 atom stereocenters. The molecule has 0 aromatic carbocycles. The number of hydrogen-bond donors (Lipinski definition) is 0. The Kier molecular flexibility index (Phi) is 6.53. The highest BCUT2D eigenvalue weighted by atomic mass is 14.0. The fourth-order valence-electron chi connectivity index (χ4n) is 1.18. The van der Waals surface area contributed by atoms with Crippen molar-refractivity contribution >= 4 is 0 Å². The number of rotatable bonds is 5. The van der Waals surface area contributed by atoms with Crippen LogP contribution in [0.5, 0.6) is 0 Å². The standard InChI is InChI=1S/C14H20/c1-6-9-12(4)11-14(10-7-2)13(5)8-3/h7,10-11H,3-4,6,9H2,1-2,5H3/b10-7-,14-11+. The van der Waals surface area contributed by atoms with Gasteiger partial charge >= 0.3 is 0 Å². The molecule has 0 saturated heterocycles. The number of hydrogen-bond acceptors (Lipinski definition) is 0. The lowest BCUT2D eigenvalue weighted by Crippen LogP contribution is -1.83. The molecule has 0 aromatic heterocycles. The van der Waals surface area contributed by atoms with Gasteiger partial charge in [0.15, 0.2) is 0 Å². The van der Waals surface area contributed by atoms with Crippen LogP contribution in [0, 0.1) is 0 Å². The Balaban J connectivity index is 4.82. The van der Waals surface area contributed by atoms with Crippen molar-refractivity contribution in [2.24, 2.45) is 0 Å². The fourth-order valence-corrected chi connectivity index (χ4v) is 1.18. The van der Waals surface area contributed by atoms with Crippen LogP contribution < -0.4 is 0 Å². The second-order valence-electron chi connectivity index (χ2n) is 3.31. The topological polar surface area (TPSA) is 0 Å². The fraction of sp³-hybridized carbons (Fsp3) is 0.357. The summed E-state index contributed by atoms with van der Waals surface area (Å²) in [6, 6.07) is 0. The first-order chi connectivity index (χ1) is 6.65. The molecule has 0 heteroatoms. The summed E-state index contributed by atoms with van der Waals surface area (Å²) in [5.74, 6) is 0. The molecule has 0 aliphatic carbocycles. The highest BCUT2D eigenvalue weighted by Crippen LogP contribution is 2.14. The van der Waals surface area contributed by atoms with E-state index in [0.717, 1.165) is 29.6 Å². The van der Waals surface area contributed by atoms with Crippen LogP contribution in [0.1, 0.15) is 33.6 Å². The molecule has 0 saturated carbocycles. The van der Waals surface area contributed by atoms with Gasteiger partial charge in [-0.1, -0.05) is 50.3 Å². The molecule has 0 aromatic rings. The van der Waals surface area contributed by atoms with E-state index in [4.69, 9.17) is 0 Å². The molecule has 0 radical (unpaired) electrons. The van der Waals surface area contributed by atoms with Gasteiger partial charge in [0.05, 0.1) is 0 Å². The minimum absolute atomic E-state index is 1.05. The Labute approximate surface area is 88.0 Å². The third-order valence-corrected chi connectivity index (χ3v) is 1.98. The molecular formula is C14H20. The average Bonchev–Trinajstić information content (AvgIpc) is 2.16. The first kappa shape index (κ1) is 12.7. The second kappa shape index (κ2) is 7.17. The molecule has 0 aliphatic heterocycles. The Hall–Kier alpha value is -1.26. The van der Waals surface area contributed by atoms with Crippen molar-refractivity contribution in [2.75, 3.05) is 0 Å². The molecule has 0 unspecified atom stereocenters. The first-order valence-corrected chi connectivity index (χ1v) is 5.04. The molecule has 0 aliphatic rings. The Morgan fingerprint density at radius 1 is 1.43 bits per heavy atom. The maximum Gasteiger partial charge on any atom is -0.00253 e. The Morgan fingerprint density at radius 3 is 2.50 bits per heavy atom. The van der Waals surface area contributed by atoms with E-state index in [1.165, 1.54) is 0 Å². The van der Waals surface area contributed by atoms with Crippen LogP contribution in [-0.2, 0) is 0 Å². The summed E-state index contributed by atoms with van der Waals surface area (Å²) in [5.41, 5.74) is 6.29. The van der Waals surface area contributed by atoms with Crippen molar-refractivity contribution in [3.05, 3.63) is 53.8 Å². The smallest absolute Gasteiger partial charge is 0.00253 e. The quantitative estimate of drug-likeness (QED) is 0.437. The van der Waals surface area contributed by atoms with Crippen LogP contribution in [0.3, 0.4) is 0 Å². The normalized spacial score (nSPS) is 11.5. The van der Waals surface area contributed by atoms with Crippen LogP contribution in [0.25, 0.3) is 0 Å². The molecule has 0 nitrogen and oxygen atoms in total. The molecule has 0 spiro atoms. The Morgan fingerprint density at radius 2 is 2.07 bits per heavy atom. The van der Waals surface area contributed by atoms with Crippen molar-refractivity contribution in [2.45, 2.75) is 33.6 Å². The number of allylic oxidation sites excluding steroid dienone is 6. The van der Waals surface area contributed by atoms with Crippen molar-refractivity contribution in [1.82, 2.24) is 0 Å². The summed E-state index contributed by atoms with van der Waals surface area (Å²) < 4.78 is 0. The summed E-state index contributed by atoms with van der Waals surface area (Å²) in [4.78, 5) is 0. The zero-order valence-electron chi connectivity index (χ0n) is 9.56. The molecule has 0 fully saturated rings. The van der Waals surface area contributed by atoms with Gasteiger partial charge < -0.3 is 0 Å². The van der Waals surface area contributed by atoms with Gasteiger partial charge in [0.1, 0.15) is 0 Å². The summed E-state index contributed by atoms with van der Waals surface area (Å²) in [6.45, 7) is 13.8. The lowest BCUT2D eigenvalue weighted by atomic mass is 10.0. The Bertz CT molecular complexity index is 294. The van der Waals surface area contributed by atoms with E-state index >= 15 is 0 Å². The van der Waals surface area contributed by atoms with Crippen molar-refractivity contribution in [1.29, 1.82) is 0 Å². The van der Waals surface area contributed by atoms with E-state index in [0.29, 0.717) is 0 Å². The molecule has 14 heavy (non-hydrogen) atoms. The predicted octanol–water partition coefficient (Wildman–Crippen LogP) is 4.58. The lowest BCUT2D eigenvalue weighted by Gasteiger charge is -2.02. The van der Waals surface area contributed by atoms with E-state index in [2.05, 4.69) is 38.0 Å². The molecule has 76 valence electrons. The zero-order chi connectivity index (χ0) is 11.0. The summed E-state index contributed by atoms with van der Waals surface area (Å²) in [5, 5.41) is 0. The van der Waals surface area contributed by atoms with Crippen molar-refractivity contribution in [3.8, 4) is 0 Å². The lowest BCUT2D eigenvalue weighted by molar-refractivity contribution is 0.928. The maximum atomic E-state index is 4.01. The van der Waals surface area contributed by atoms with Crippen LogP contribution in [0.4, 0.5) is 0 Å². The molecule has 0 heterocycles. The zero-order valence-corrected chi connectivity index (χ0v) is 9.56.